The molecule has 0 N–H and O–H groups in total. The minimum atomic E-state index is -0.559. The summed E-state index contributed by atoms with van der Waals surface area (Å²) >= 11 is 0. The van der Waals surface area contributed by atoms with Crippen molar-refractivity contribution in [2.24, 2.45) is 10.9 Å². The number of rotatable bonds is 2. The highest BCUT2D eigenvalue weighted by Crippen LogP contribution is 2.42. The maximum atomic E-state index is 12.9. The molecule has 2 atom stereocenters. The number of ether oxygens (including phenoxy) is 1. The van der Waals surface area contributed by atoms with Gasteiger partial charge in [0.05, 0.1) is 19.4 Å². The molecule has 3 rings (SSSR count). The third-order valence-corrected chi connectivity index (χ3v) is 5.08. The summed E-state index contributed by atoms with van der Waals surface area (Å²) in [6.45, 7) is 6.86. The Kier molecular flexibility index (Phi) is 4.60. The first-order chi connectivity index (χ1) is 11.8. The molecule has 2 unspecified atom stereocenters. The van der Waals surface area contributed by atoms with Crippen molar-refractivity contribution in [1.82, 2.24) is 4.90 Å². The Morgan fingerprint density at radius 3 is 2.64 bits per heavy atom. The summed E-state index contributed by atoms with van der Waals surface area (Å²) in [5.41, 5.74) is 5.34. The number of aryl methyl sites for hydroxylation is 2. The predicted octanol–water partition coefficient (Wildman–Crippen LogP) is 2.42. The van der Waals surface area contributed by atoms with Crippen LogP contribution in [0.25, 0.3) is 0 Å². The third-order valence-electron chi connectivity index (χ3n) is 5.08. The zero-order valence-electron chi connectivity index (χ0n) is 15.4. The fraction of sp³-hybridized carbons (Fsp3) is 0.450. The number of nitrogens with zero attached hydrogens (tertiary/aromatic N) is 2. The number of carbonyl (C=O) groups excluding carboxylic acids is 2. The summed E-state index contributed by atoms with van der Waals surface area (Å²) in [5, 5.41) is 0. The zero-order valence-corrected chi connectivity index (χ0v) is 15.4. The van der Waals surface area contributed by atoms with Crippen LogP contribution in [0, 0.1) is 19.8 Å². The lowest BCUT2D eigenvalue weighted by atomic mass is 9.72. The average Bonchev–Trinajstić information content (AvgIpc) is 2.54. The van der Waals surface area contributed by atoms with E-state index in [1.54, 1.807) is 0 Å². The predicted molar refractivity (Wildman–Crippen MR) is 96.8 cm³/mol. The largest absolute Gasteiger partial charge is 0.468 e. The number of aliphatic imine (C=N–C) groups is 1. The lowest BCUT2D eigenvalue weighted by Gasteiger charge is -2.37. The Hall–Kier alpha value is -2.27. The Bertz CT molecular complexity index is 807. The van der Waals surface area contributed by atoms with E-state index in [-0.39, 0.29) is 17.7 Å². The van der Waals surface area contributed by atoms with Crippen molar-refractivity contribution in [3.05, 3.63) is 46.2 Å². The van der Waals surface area contributed by atoms with E-state index in [2.05, 4.69) is 11.1 Å². The van der Waals surface area contributed by atoms with Crippen molar-refractivity contribution >= 4 is 17.5 Å². The number of likely N-dealkylation sites (N-methyl/N-ethyl adjacent to an activating group) is 1. The minimum absolute atomic E-state index is 0.0415. The summed E-state index contributed by atoms with van der Waals surface area (Å²) in [4.78, 5) is 32.0. The molecule has 2 heterocycles. The van der Waals surface area contributed by atoms with E-state index >= 15 is 0 Å². The van der Waals surface area contributed by atoms with Crippen molar-refractivity contribution in [3.8, 4) is 0 Å². The number of ketones is 1. The monoisotopic (exact) mass is 340 g/mol. The van der Waals surface area contributed by atoms with Crippen LogP contribution in [0.2, 0.25) is 0 Å². The number of esters is 1. The molecule has 2 aliphatic heterocycles. The summed E-state index contributed by atoms with van der Waals surface area (Å²) in [6.07, 6.45) is 0. The normalized spacial score (nSPS) is 24.0. The fourth-order valence-electron chi connectivity index (χ4n) is 3.89. The number of hydrogen-bond acceptors (Lipinski definition) is 5. The van der Waals surface area contributed by atoms with Gasteiger partial charge in [-0.1, -0.05) is 23.8 Å². The molecule has 25 heavy (non-hydrogen) atoms. The SMILES string of the molecule is COC(=O)C1C(C)=NC2=C(C(=O)CN(C)C2)C1c1cc(C)ccc1C. The number of hydrogen-bond donors (Lipinski definition) is 0. The highest BCUT2D eigenvalue weighted by Gasteiger charge is 2.44. The molecule has 0 fully saturated rings. The van der Waals surface area contributed by atoms with Crippen LogP contribution < -0.4 is 0 Å². The van der Waals surface area contributed by atoms with E-state index in [4.69, 9.17) is 4.74 Å². The van der Waals surface area contributed by atoms with Gasteiger partial charge < -0.3 is 4.74 Å². The van der Waals surface area contributed by atoms with Gasteiger partial charge in [0.1, 0.15) is 5.92 Å². The summed E-state index contributed by atoms with van der Waals surface area (Å²) < 4.78 is 5.05. The highest BCUT2D eigenvalue weighted by molar-refractivity contribution is 6.09. The van der Waals surface area contributed by atoms with E-state index in [0.717, 1.165) is 22.4 Å². The van der Waals surface area contributed by atoms with Gasteiger partial charge in [0.15, 0.2) is 5.78 Å². The summed E-state index contributed by atoms with van der Waals surface area (Å²) in [7, 11) is 3.29. The first-order valence-corrected chi connectivity index (χ1v) is 8.48. The standard InChI is InChI=1S/C20H24N2O3/c1-11-6-7-12(2)14(8-11)18-17(20(24)25-5)13(3)21-15-9-22(4)10-16(23)19(15)18/h6-8,17-18H,9-10H2,1-5H3. The van der Waals surface area contributed by atoms with Gasteiger partial charge in [0.25, 0.3) is 0 Å². The highest BCUT2D eigenvalue weighted by atomic mass is 16.5. The van der Waals surface area contributed by atoms with Crippen molar-refractivity contribution in [1.29, 1.82) is 0 Å². The minimum Gasteiger partial charge on any atom is -0.468 e. The number of benzene rings is 1. The van der Waals surface area contributed by atoms with Gasteiger partial charge in [0.2, 0.25) is 0 Å². The summed E-state index contributed by atoms with van der Waals surface area (Å²) in [5.74, 6) is -1.19. The lowest BCUT2D eigenvalue weighted by molar-refractivity contribution is -0.143. The van der Waals surface area contributed by atoms with Gasteiger partial charge in [-0.2, -0.15) is 0 Å². The van der Waals surface area contributed by atoms with Gasteiger partial charge in [0, 0.05) is 23.7 Å². The molecule has 0 amide bonds. The van der Waals surface area contributed by atoms with E-state index in [1.807, 2.05) is 44.9 Å². The molecule has 2 aliphatic rings. The van der Waals surface area contributed by atoms with Crippen LogP contribution in [0.15, 0.2) is 34.5 Å². The zero-order chi connectivity index (χ0) is 18.3. The molecule has 5 heteroatoms. The molecule has 5 nitrogen and oxygen atoms in total. The third kappa shape index (κ3) is 3.04. The first kappa shape index (κ1) is 17.5. The van der Waals surface area contributed by atoms with Crippen molar-refractivity contribution < 1.29 is 14.3 Å². The van der Waals surface area contributed by atoms with Crippen molar-refractivity contribution in [2.75, 3.05) is 27.2 Å². The van der Waals surface area contributed by atoms with Gasteiger partial charge in [-0.05, 0) is 38.9 Å². The first-order valence-electron chi connectivity index (χ1n) is 8.48. The van der Waals surface area contributed by atoms with Crippen molar-refractivity contribution in [3.63, 3.8) is 0 Å². The van der Waals surface area contributed by atoms with Crippen LogP contribution >= 0.6 is 0 Å². The molecule has 0 aliphatic carbocycles. The fourth-order valence-corrected chi connectivity index (χ4v) is 3.89. The molecule has 0 aromatic heterocycles. The molecule has 0 bridgehead atoms. The van der Waals surface area contributed by atoms with E-state index < -0.39 is 5.92 Å². The van der Waals surface area contributed by atoms with Crippen LogP contribution in [-0.4, -0.2) is 49.6 Å². The van der Waals surface area contributed by atoms with Gasteiger partial charge in [-0.3, -0.25) is 19.5 Å². The molecule has 0 saturated carbocycles. The topological polar surface area (TPSA) is 59.0 Å². The van der Waals surface area contributed by atoms with Crippen LogP contribution in [-0.2, 0) is 14.3 Å². The van der Waals surface area contributed by atoms with Crippen molar-refractivity contribution in [2.45, 2.75) is 26.7 Å². The Morgan fingerprint density at radius 1 is 1.24 bits per heavy atom. The van der Waals surface area contributed by atoms with Crippen LogP contribution in [0.5, 0.6) is 0 Å². The van der Waals surface area contributed by atoms with E-state index in [0.29, 0.717) is 24.4 Å². The smallest absolute Gasteiger partial charge is 0.315 e. The second-order valence-corrected chi connectivity index (χ2v) is 7.05. The maximum absolute atomic E-state index is 12.9. The second kappa shape index (κ2) is 6.56. The van der Waals surface area contributed by atoms with E-state index in [9.17, 15) is 9.59 Å². The molecule has 1 aromatic rings. The van der Waals surface area contributed by atoms with E-state index in [1.165, 1.54) is 7.11 Å². The number of methoxy groups -OCH3 is 1. The van der Waals surface area contributed by atoms with Gasteiger partial charge in [-0.25, -0.2) is 0 Å². The van der Waals surface area contributed by atoms with Gasteiger partial charge >= 0.3 is 5.97 Å². The molecular weight excluding hydrogens is 316 g/mol. The second-order valence-electron chi connectivity index (χ2n) is 7.05. The molecular formula is C20H24N2O3. The van der Waals surface area contributed by atoms with Crippen LogP contribution in [0.3, 0.4) is 0 Å². The Balaban J connectivity index is 2.24. The molecule has 0 radical (unpaired) electrons. The lowest BCUT2D eigenvalue weighted by Crippen LogP contribution is -2.43. The molecule has 1 aromatic carbocycles. The van der Waals surface area contributed by atoms with Crippen LogP contribution in [0.1, 0.15) is 29.5 Å². The number of carbonyl (C=O) groups is 2. The Labute approximate surface area is 148 Å². The quantitative estimate of drug-likeness (QED) is 0.776. The van der Waals surface area contributed by atoms with Crippen LogP contribution in [0.4, 0.5) is 0 Å². The average molecular weight is 340 g/mol. The molecule has 0 spiro atoms. The maximum Gasteiger partial charge on any atom is 0.315 e. The van der Waals surface area contributed by atoms with Gasteiger partial charge in [-0.15, -0.1) is 0 Å². The summed E-state index contributed by atoms with van der Waals surface area (Å²) in [6, 6.07) is 6.16. The Morgan fingerprint density at radius 2 is 1.96 bits per heavy atom. The molecule has 0 saturated heterocycles. The molecule has 132 valence electrons. The number of Topliss-reactive ketones (excluding diaryl/α,β-unsaturated/α-hetero) is 1.